The highest BCUT2D eigenvalue weighted by Crippen LogP contribution is 2.33. The molecule has 2 heterocycles. The summed E-state index contributed by atoms with van der Waals surface area (Å²) in [6, 6.07) is 14.4. The summed E-state index contributed by atoms with van der Waals surface area (Å²) in [5.41, 5.74) is 6.10. The number of amides is 2. The lowest BCUT2D eigenvalue weighted by Gasteiger charge is -2.06. The Hall–Kier alpha value is -3.98. The highest BCUT2D eigenvalue weighted by atomic mass is 16.4. The van der Waals surface area contributed by atoms with Gasteiger partial charge in [-0.1, -0.05) is 69.9 Å². The van der Waals surface area contributed by atoms with Crippen molar-refractivity contribution < 1.29 is 14.7 Å². The van der Waals surface area contributed by atoms with Gasteiger partial charge in [-0.05, 0) is 62.9 Å². The first-order valence-corrected chi connectivity index (χ1v) is 15.6. The molecule has 0 saturated carbocycles. The number of para-hydroxylation sites is 1. The third-order valence-electron chi connectivity index (χ3n) is 7.16. The highest BCUT2D eigenvalue weighted by Gasteiger charge is 2.14. The van der Waals surface area contributed by atoms with Crippen LogP contribution in [0.1, 0.15) is 89.8 Å². The molecule has 1 aliphatic carbocycles. The number of aliphatic carboxylic acids is 1. The molecule has 0 radical (unpaired) electrons. The second kappa shape index (κ2) is 17.9. The van der Waals surface area contributed by atoms with Crippen LogP contribution in [0.15, 0.2) is 54.9 Å². The molecular formula is C34H48N6O3. The lowest BCUT2D eigenvalue weighted by atomic mass is 10.1. The van der Waals surface area contributed by atoms with Crippen LogP contribution in [0.25, 0.3) is 22.2 Å². The van der Waals surface area contributed by atoms with Gasteiger partial charge < -0.3 is 21.1 Å². The van der Waals surface area contributed by atoms with Crippen LogP contribution in [0.2, 0.25) is 0 Å². The summed E-state index contributed by atoms with van der Waals surface area (Å²) in [6.45, 7) is 10.8. The van der Waals surface area contributed by atoms with Crippen molar-refractivity contribution in [2.45, 2.75) is 91.6 Å². The zero-order chi connectivity index (χ0) is 31.0. The summed E-state index contributed by atoms with van der Waals surface area (Å²) in [6.07, 6.45) is 11.5. The van der Waals surface area contributed by atoms with Gasteiger partial charge in [0.25, 0.3) is 0 Å². The Morgan fingerprint density at radius 2 is 1.74 bits per heavy atom. The maximum atomic E-state index is 12.3. The topological polar surface area (TPSA) is 121 Å². The fourth-order valence-electron chi connectivity index (χ4n) is 4.73. The number of fused-ring (bicyclic) bond motifs is 3. The third kappa shape index (κ3) is 11.0. The molecule has 9 heteroatoms. The van der Waals surface area contributed by atoms with Gasteiger partial charge in [0.05, 0.1) is 17.4 Å². The molecule has 43 heavy (non-hydrogen) atoms. The molecule has 0 spiro atoms. The largest absolute Gasteiger partial charge is 0.481 e. The Kier molecular flexibility index (Phi) is 13.9. The van der Waals surface area contributed by atoms with E-state index in [1.165, 1.54) is 11.1 Å². The van der Waals surface area contributed by atoms with Crippen LogP contribution in [0.5, 0.6) is 0 Å². The normalized spacial score (nSPS) is 11.0. The molecule has 2 amide bonds. The minimum atomic E-state index is -0.682. The molecule has 0 fully saturated rings. The Bertz CT molecular complexity index is 1400. The van der Waals surface area contributed by atoms with E-state index in [9.17, 15) is 9.59 Å². The number of nitrogens with one attached hydrogen (secondary N) is 3. The minimum Gasteiger partial charge on any atom is -0.481 e. The van der Waals surface area contributed by atoms with E-state index >= 15 is 0 Å². The van der Waals surface area contributed by atoms with E-state index in [4.69, 9.17) is 10.1 Å². The summed E-state index contributed by atoms with van der Waals surface area (Å²) in [5, 5.41) is 23.1. The van der Waals surface area contributed by atoms with Crippen molar-refractivity contribution in [3.8, 4) is 11.3 Å². The zero-order valence-electron chi connectivity index (χ0n) is 26.2. The first kappa shape index (κ1) is 33.5. The van der Waals surface area contributed by atoms with Gasteiger partial charge in [-0.2, -0.15) is 5.10 Å². The van der Waals surface area contributed by atoms with E-state index in [1.54, 1.807) is 0 Å². The van der Waals surface area contributed by atoms with Gasteiger partial charge in [0.15, 0.2) is 0 Å². The summed E-state index contributed by atoms with van der Waals surface area (Å²) in [7, 11) is 0. The zero-order valence-corrected chi connectivity index (χ0v) is 26.2. The van der Waals surface area contributed by atoms with E-state index in [-0.39, 0.29) is 6.03 Å². The summed E-state index contributed by atoms with van der Waals surface area (Å²) in [5.74, 6) is -0.682. The van der Waals surface area contributed by atoms with E-state index in [2.05, 4.69) is 79.2 Å². The lowest BCUT2D eigenvalue weighted by molar-refractivity contribution is -0.137. The number of unbranched alkanes of at least 4 members (excludes halogenated alkanes) is 4. The first-order chi connectivity index (χ1) is 20.8. The van der Waals surface area contributed by atoms with Crippen LogP contribution in [0.4, 0.5) is 10.5 Å². The van der Waals surface area contributed by atoms with Gasteiger partial charge in [0.2, 0.25) is 0 Å². The van der Waals surface area contributed by atoms with Crippen LogP contribution in [-0.4, -0.2) is 45.0 Å². The fraction of sp³-hybridized carbons (Fsp3) is 0.471. The maximum Gasteiger partial charge on any atom is 0.319 e. The fourth-order valence-corrected chi connectivity index (χ4v) is 4.73. The Morgan fingerprint density at radius 3 is 2.47 bits per heavy atom. The molecule has 0 saturated heterocycles. The number of carbonyl (C=O) groups is 2. The van der Waals surface area contributed by atoms with Gasteiger partial charge in [-0.25, -0.2) is 9.78 Å². The van der Waals surface area contributed by atoms with Crippen molar-refractivity contribution in [3.05, 3.63) is 66.0 Å². The average molecular weight is 589 g/mol. The standard InChI is InChI=1S/C28H36N6O.C6H12O2/c1-4-5-6-14-30-28(35)32-23-10-8-11-24-25-12-7-9-22(27(25)33-26(24)16-23)18-29-15-13-21-17-31-34(19-21)20(2)3;1-2-3-4-5-6(7)8/h7-12,16-17,19-20,29H,4-6,13-15,18H2,1-3H3,(H2,30,32,35);2-5H2,1H3,(H,7,8). The van der Waals surface area contributed by atoms with Crippen molar-refractivity contribution in [2.24, 2.45) is 0 Å². The number of carbonyl (C=O) groups excluding carboxylic acids is 1. The molecule has 0 atom stereocenters. The van der Waals surface area contributed by atoms with Gasteiger partial charge in [0.1, 0.15) is 0 Å². The quantitative estimate of drug-likeness (QED) is 0.107. The van der Waals surface area contributed by atoms with Gasteiger partial charge in [-0.15, -0.1) is 0 Å². The van der Waals surface area contributed by atoms with Crippen molar-refractivity contribution >= 4 is 28.6 Å². The van der Waals surface area contributed by atoms with Crippen LogP contribution in [0, 0.1) is 0 Å². The molecule has 1 aromatic carbocycles. The van der Waals surface area contributed by atoms with E-state index in [0.29, 0.717) is 19.0 Å². The smallest absolute Gasteiger partial charge is 0.319 e. The van der Waals surface area contributed by atoms with Crippen LogP contribution >= 0.6 is 0 Å². The van der Waals surface area contributed by atoms with Gasteiger partial charge in [0, 0.05) is 48.4 Å². The predicted octanol–water partition coefficient (Wildman–Crippen LogP) is 7.41. The number of hydrogen-bond donors (Lipinski definition) is 4. The number of hydrogen-bond acceptors (Lipinski definition) is 5. The molecule has 2 aliphatic rings. The third-order valence-corrected chi connectivity index (χ3v) is 7.16. The number of urea groups is 1. The molecule has 1 aromatic heterocycles. The number of rotatable bonds is 15. The number of anilines is 1. The number of nitrogens with zero attached hydrogens (tertiary/aromatic N) is 3. The molecule has 9 nitrogen and oxygen atoms in total. The second-order valence-electron chi connectivity index (χ2n) is 11.1. The molecule has 2 aromatic rings. The number of carboxylic acid groups (broad SMARTS) is 1. The molecule has 4 rings (SSSR count). The van der Waals surface area contributed by atoms with Crippen LogP contribution in [-0.2, 0) is 17.8 Å². The second-order valence-corrected chi connectivity index (χ2v) is 11.1. The average Bonchev–Trinajstić information content (AvgIpc) is 3.54. The van der Waals surface area contributed by atoms with E-state index in [0.717, 1.165) is 85.9 Å². The summed E-state index contributed by atoms with van der Waals surface area (Å²) in [4.78, 5) is 27.1. The first-order valence-electron chi connectivity index (χ1n) is 15.6. The molecule has 0 unspecified atom stereocenters. The monoisotopic (exact) mass is 588 g/mol. The minimum absolute atomic E-state index is 0.180. The van der Waals surface area contributed by atoms with Crippen molar-refractivity contribution in [1.82, 2.24) is 25.4 Å². The molecule has 1 aliphatic heterocycles. The van der Waals surface area contributed by atoms with Crippen LogP contribution < -0.4 is 16.0 Å². The molecule has 232 valence electrons. The van der Waals surface area contributed by atoms with Crippen LogP contribution in [0.3, 0.4) is 0 Å². The molecular weight excluding hydrogens is 540 g/mol. The van der Waals surface area contributed by atoms with Gasteiger partial charge >= 0.3 is 12.0 Å². The summed E-state index contributed by atoms with van der Waals surface area (Å²) < 4.78 is 1.99. The van der Waals surface area contributed by atoms with Crippen molar-refractivity contribution in [1.29, 1.82) is 0 Å². The SMILES string of the molecule is CCCCCC(=O)O.CCCCCNC(=O)Nc1cccc2c3cccc(CNCCc4cnn(C(C)C)c4)c3nc-2c1. The summed E-state index contributed by atoms with van der Waals surface area (Å²) >= 11 is 0. The Morgan fingerprint density at radius 1 is 0.977 bits per heavy atom. The van der Waals surface area contributed by atoms with Crippen molar-refractivity contribution in [2.75, 3.05) is 18.4 Å². The Balaban J connectivity index is 0.000000557. The van der Waals surface area contributed by atoms with E-state index in [1.807, 2.05) is 29.1 Å². The maximum absolute atomic E-state index is 12.3. The van der Waals surface area contributed by atoms with Gasteiger partial charge in [-0.3, -0.25) is 9.48 Å². The van der Waals surface area contributed by atoms with Crippen molar-refractivity contribution in [3.63, 3.8) is 0 Å². The molecule has 4 N–H and O–H groups in total. The predicted molar refractivity (Wildman–Crippen MR) is 175 cm³/mol. The lowest BCUT2D eigenvalue weighted by Crippen LogP contribution is -2.29. The number of aromatic nitrogens is 3. The molecule has 0 bridgehead atoms. The van der Waals surface area contributed by atoms with E-state index < -0.39 is 5.97 Å². The number of benzene rings is 1. The number of carboxylic acids is 1. The Labute approximate surface area is 255 Å². The highest BCUT2D eigenvalue weighted by molar-refractivity contribution is 6.00.